The third kappa shape index (κ3) is 1.74. The van der Waals surface area contributed by atoms with Crippen molar-refractivity contribution in [2.75, 3.05) is 14.2 Å². The molecule has 4 nitrogen and oxygen atoms in total. The number of halogens is 1. The lowest BCUT2D eigenvalue weighted by Gasteiger charge is -2.03. The highest BCUT2D eigenvalue weighted by Crippen LogP contribution is 2.35. The number of ether oxygens (including phenoxy) is 2. The Morgan fingerprint density at radius 1 is 1.35 bits per heavy atom. The number of hydrogen-bond donors (Lipinski definition) is 1. The van der Waals surface area contributed by atoms with E-state index >= 15 is 0 Å². The van der Waals surface area contributed by atoms with Gasteiger partial charge < -0.3 is 14.5 Å². The van der Waals surface area contributed by atoms with E-state index in [0.717, 1.165) is 16.5 Å². The fraction of sp³-hybridized carbons (Fsp3) is 0.250. The van der Waals surface area contributed by atoms with Gasteiger partial charge in [-0.25, -0.2) is 4.79 Å². The van der Waals surface area contributed by atoms with Crippen molar-refractivity contribution in [1.29, 1.82) is 0 Å². The molecule has 0 atom stereocenters. The van der Waals surface area contributed by atoms with Crippen LogP contribution in [0.2, 0.25) is 5.02 Å². The lowest BCUT2D eigenvalue weighted by atomic mass is 10.1. The Kier molecular flexibility index (Phi) is 2.98. The van der Waals surface area contributed by atoms with Gasteiger partial charge in [0.05, 0.1) is 19.2 Å². The van der Waals surface area contributed by atoms with Gasteiger partial charge in [0.1, 0.15) is 11.4 Å². The molecule has 1 aromatic carbocycles. The lowest BCUT2D eigenvalue weighted by molar-refractivity contribution is 0.0594. The minimum Gasteiger partial charge on any atom is -0.495 e. The van der Waals surface area contributed by atoms with Crippen molar-refractivity contribution in [1.82, 2.24) is 4.98 Å². The predicted molar refractivity (Wildman–Crippen MR) is 65.9 cm³/mol. The Bertz CT molecular complexity index is 589. The Labute approximate surface area is 103 Å². The summed E-state index contributed by atoms with van der Waals surface area (Å²) in [5.41, 5.74) is 1.96. The van der Waals surface area contributed by atoms with E-state index < -0.39 is 5.97 Å². The zero-order chi connectivity index (χ0) is 12.6. The van der Waals surface area contributed by atoms with Gasteiger partial charge in [-0.2, -0.15) is 0 Å². The third-order valence-corrected chi connectivity index (χ3v) is 3.10. The van der Waals surface area contributed by atoms with Gasteiger partial charge in [-0.1, -0.05) is 11.6 Å². The number of aromatic nitrogens is 1. The molecule has 1 aromatic heterocycles. The molecule has 2 aromatic rings. The van der Waals surface area contributed by atoms with Crippen LogP contribution in [-0.2, 0) is 4.74 Å². The van der Waals surface area contributed by atoms with Crippen LogP contribution in [0.15, 0.2) is 12.1 Å². The minimum atomic E-state index is -0.409. The Hall–Kier alpha value is -1.68. The summed E-state index contributed by atoms with van der Waals surface area (Å²) in [4.78, 5) is 14.5. The maximum absolute atomic E-state index is 11.5. The van der Waals surface area contributed by atoms with Crippen LogP contribution in [0.1, 0.15) is 16.1 Å². The molecule has 90 valence electrons. The van der Waals surface area contributed by atoms with Crippen LogP contribution in [0.4, 0.5) is 0 Å². The highest BCUT2D eigenvalue weighted by atomic mass is 35.5. The molecule has 0 amide bonds. The van der Waals surface area contributed by atoms with Crippen LogP contribution in [0.3, 0.4) is 0 Å². The van der Waals surface area contributed by atoms with E-state index in [1.807, 2.05) is 13.0 Å². The Morgan fingerprint density at radius 3 is 2.65 bits per heavy atom. The molecule has 0 aliphatic heterocycles. The summed E-state index contributed by atoms with van der Waals surface area (Å²) in [6, 6.07) is 3.57. The van der Waals surface area contributed by atoms with Gasteiger partial charge in [0.2, 0.25) is 0 Å². The first-order valence-corrected chi connectivity index (χ1v) is 5.41. The highest BCUT2D eigenvalue weighted by molar-refractivity contribution is 6.37. The summed E-state index contributed by atoms with van der Waals surface area (Å²) >= 11 is 6.21. The summed E-state index contributed by atoms with van der Waals surface area (Å²) in [5.74, 6) is 0.173. The summed E-state index contributed by atoms with van der Waals surface area (Å²) in [7, 11) is 2.89. The molecule has 0 saturated carbocycles. The summed E-state index contributed by atoms with van der Waals surface area (Å²) < 4.78 is 9.84. The number of methoxy groups -OCH3 is 2. The average molecular weight is 254 g/mol. The summed E-state index contributed by atoms with van der Waals surface area (Å²) in [5, 5.41) is 1.28. The van der Waals surface area contributed by atoms with Crippen LogP contribution >= 0.6 is 11.6 Å². The van der Waals surface area contributed by atoms with Gasteiger partial charge in [-0.05, 0) is 24.6 Å². The molecular formula is C12H12ClNO3. The number of fused-ring (bicyclic) bond motifs is 1. The zero-order valence-corrected chi connectivity index (χ0v) is 10.5. The fourth-order valence-electron chi connectivity index (χ4n) is 1.84. The molecule has 0 unspecified atom stereocenters. The molecule has 0 aliphatic rings. The third-order valence-electron chi connectivity index (χ3n) is 2.73. The monoisotopic (exact) mass is 253 g/mol. The van der Waals surface area contributed by atoms with Crippen LogP contribution in [0.5, 0.6) is 5.75 Å². The second kappa shape index (κ2) is 4.30. The number of H-pyrrole nitrogens is 1. The van der Waals surface area contributed by atoms with Crippen molar-refractivity contribution in [3.63, 3.8) is 0 Å². The fourth-order valence-corrected chi connectivity index (χ4v) is 2.23. The predicted octanol–water partition coefficient (Wildman–Crippen LogP) is 2.92. The number of hydrogen-bond acceptors (Lipinski definition) is 3. The van der Waals surface area contributed by atoms with Gasteiger partial charge in [0.25, 0.3) is 0 Å². The maximum Gasteiger partial charge on any atom is 0.354 e. The van der Waals surface area contributed by atoms with Crippen molar-refractivity contribution in [2.24, 2.45) is 0 Å². The molecule has 0 spiro atoms. The number of nitrogens with one attached hydrogen (secondary N) is 1. The first kappa shape index (κ1) is 11.8. The number of carbonyl (C=O) groups is 1. The molecule has 0 bridgehead atoms. The number of aromatic amines is 1. The van der Waals surface area contributed by atoms with Crippen molar-refractivity contribution < 1.29 is 14.3 Å². The van der Waals surface area contributed by atoms with Crippen molar-refractivity contribution in [3.05, 3.63) is 28.4 Å². The van der Waals surface area contributed by atoms with E-state index in [0.29, 0.717) is 16.5 Å². The topological polar surface area (TPSA) is 51.3 Å². The number of aryl methyl sites for hydroxylation is 1. The Morgan fingerprint density at radius 2 is 2.06 bits per heavy atom. The smallest absolute Gasteiger partial charge is 0.354 e. The van der Waals surface area contributed by atoms with E-state index in [2.05, 4.69) is 4.98 Å². The molecule has 0 saturated heterocycles. The van der Waals surface area contributed by atoms with E-state index in [9.17, 15) is 4.79 Å². The van der Waals surface area contributed by atoms with Gasteiger partial charge in [0.15, 0.2) is 0 Å². The van der Waals surface area contributed by atoms with Crippen LogP contribution < -0.4 is 4.74 Å². The van der Waals surface area contributed by atoms with E-state index in [4.69, 9.17) is 21.1 Å². The number of rotatable bonds is 2. The second-order valence-corrected chi connectivity index (χ2v) is 4.00. The van der Waals surface area contributed by atoms with Crippen molar-refractivity contribution >= 4 is 28.5 Å². The Balaban J connectivity index is 2.75. The molecule has 0 radical (unpaired) electrons. The van der Waals surface area contributed by atoms with Gasteiger partial charge in [-0.3, -0.25) is 0 Å². The number of benzene rings is 1. The van der Waals surface area contributed by atoms with Crippen molar-refractivity contribution in [3.8, 4) is 5.75 Å². The summed E-state index contributed by atoms with van der Waals surface area (Å²) in [6.45, 7) is 1.82. The molecule has 1 heterocycles. The van der Waals surface area contributed by atoms with Gasteiger partial charge >= 0.3 is 5.97 Å². The van der Waals surface area contributed by atoms with Gasteiger partial charge in [-0.15, -0.1) is 0 Å². The minimum absolute atomic E-state index is 0.409. The average Bonchev–Trinajstić information content (AvgIpc) is 2.67. The molecule has 2 rings (SSSR count). The standard InChI is InChI=1S/C12H12ClNO3/c1-6-9-7(14-11(6)12(15)17-3)4-5-8(16-2)10(9)13/h4-5,14H,1-3H3. The molecular weight excluding hydrogens is 242 g/mol. The molecule has 5 heteroatoms. The quantitative estimate of drug-likeness (QED) is 0.838. The largest absolute Gasteiger partial charge is 0.495 e. The normalized spacial score (nSPS) is 10.6. The van der Waals surface area contributed by atoms with E-state index in [1.54, 1.807) is 13.2 Å². The number of carbonyl (C=O) groups excluding carboxylic acids is 1. The van der Waals surface area contributed by atoms with Crippen LogP contribution in [-0.4, -0.2) is 25.2 Å². The SMILES string of the molecule is COC(=O)c1[nH]c2ccc(OC)c(Cl)c2c1C. The lowest BCUT2D eigenvalue weighted by Crippen LogP contribution is -2.02. The van der Waals surface area contributed by atoms with Crippen LogP contribution in [0.25, 0.3) is 10.9 Å². The number of esters is 1. The first-order valence-electron chi connectivity index (χ1n) is 5.03. The maximum atomic E-state index is 11.5. The molecule has 0 fully saturated rings. The highest BCUT2D eigenvalue weighted by Gasteiger charge is 2.18. The molecule has 1 N–H and O–H groups in total. The second-order valence-electron chi connectivity index (χ2n) is 3.62. The van der Waals surface area contributed by atoms with E-state index in [1.165, 1.54) is 7.11 Å². The molecule has 0 aliphatic carbocycles. The van der Waals surface area contributed by atoms with E-state index in [-0.39, 0.29) is 0 Å². The van der Waals surface area contributed by atoms with Crippen LogP contribution in [0, 0.1) is 6.92 Å². The van der Waals surface area contributed by atoms with Gasteiger partial charge in [0, 0.05) is 10.9 Å². The zero-order valence-electron chi connectivity index (χ0n) is 9.76. The van der Waals surface area contributed by atoms with Crippen molar-refractivity contribution in [2.45, 2.75) is 6.92 Å². The first-order chi connectivity index (χ1) is 8.10. The molecule has 17 heavy (non-hydrogen) atoms. The summed E-state index contributed by atoms with van der Waals surface area (Å²) in [6.07, 6.45) is 0.